The van der Waals surface area contributed by atoms with Gasteiger partial charge in [-0.05, 0) is 29.8 Å². The lowest BCUT2D eigenvalue weighted by Crippen LogP contribution is -2.38. The Hall–Kier alpha value is -2.56. The van der Waals surface area contributed by atoms with Gasteiger partial charge in [0, 0.05) is 19.7 Å². The van der Waals surface area contributed by atoms with Crippen molar-refractivity contribution >= 4 is 29.9 Å². The van der Waals surface area contributed by atoms with Crippen LogP contribution in [0.1, 0.15) is 5.56 Å². The van der Waals surface area contributed by atoms with Crippen LogP contribution in [0.25, 0.3) is 0 Å². The van der Waals surface area contributed by atoms with E-state index in [0.717, 1.165) is 17.1 Å². The van der Waals surface area contributed by atoms with Crippen LogP contribution in [0.5, 0.6) is 28.7 Å². The van der Waals surface area contributed by atoms with Crippen LogP contribution < -0.4 is 34.3 Å². The van der Waals surface area contributed by atoms with Crippen molar-refractivity contribution in [3.05, 3.63) is 42.0 Å². The molecule has 0 bridgehead atoms. The first kappa shape index (κ1) is 22.7. The van der Waals surface area contributed by atoms with E-state index in [1.807, 2.05) is 36.4 Å². The van der Waals surface area contributed by atoms with Gasteiger partial charge in [-0.3, -0.25) is 4.99 Å². The lowest BCUT2D eigenvalue weighted by molar-refractivity contribution is 0.173. The average Bonchev–Trinajstić information content (AvgIpc) is 3.20. The number of halogens is 1. The molecular weight excluding hydrogens is 489 g/mol. The average molecular weight is 515 g/mol. The number of guanidine groups is 1. The summed E-state index contributed by atoms with van der Waals surface area (Å²) in [5.41, 5.74) is 1.05. The zero-order valence-corrected chi connectivity index (χ0v) is 19.0. The van der Waals surface area contributed by atoms with Gasteiger partial charge in [0.15, 0.2) is 29.0 Å². The Kier molecular flexibility index (Phi) is 8.97. The Balaban J connectivity index is 0.00000300. The minimum absolute atomic E-state index is 0. The number of methoxy groups -OCH3 is 2. The van der Waals surface area contributed by atoms with Gasteiger partial charge >= 0.3 is 0 Å². The molecule has 0 unspecified atom stereocenters. The van der Waals surface area contributed by atoms with Gasteiger partial charge in [-0.25, -0.2) is 0 Å². The first-order chi connectivity index (χ1) is 13.7. The Morgan fingerprint density at radius 2 is 1.79 bits per heavy atom. The number of nitrogens with zero attached hydrogens (tertiary/aromatic N) is 1. The highest BCUT2D eigenvalue weighted by Crippen LogP contribution is 2.35. The van der Waals surface area contributed by atoms with E-state index in [1.54, 1.807) is 21.3 Å². The van der Waals surface area contributed by atoms with Gasteiger partial charge in [0.1, 0.15) is 12.4 Å². The van der Waals surface area contributed by atoms with E-state index in [4.69, 9.17) is 23.7 Å². The zero-order chi connectivity index (χ0) is 19.8. The van der Waals surface area contributed by atoms with Crippen molar-refractivity contribution in [1.29, 1.82) is 0 Å². The smallest absolute Gasteiger partial charge is 0.231 e. The van der Waals surface area contributed by atoms with Crippen LogP contribution in [-0.4, -0.2) is 47.2 Å². The number of aliphatic imine (C=N–C) groups is 1. The maximum atomic E-state index is 5.73. The highest BCUT2D eigenvalue weighted by atomic mass is 127. The fourth-order valence-corrected chi connectivity index (χ4v) is 2.70. The topological polar surface area (TPSA) is 82.6 Å². The van der Waals surface area contributed by atoms with Crippen LogP contribution in [0.3, 0.4) is 0 Å². The maximum Gasteiger partial charge on any atom is 0.231 e. The minimum Gasteiger partial charge on any atom is -0.493 e. The number of fused-ring (bicyclic) bond motifs is 1. The summed E-state index contributed by atoms with van der Waals surface area (Å²) < 4.78 is 26.9. The van der Waals surface area contributed by atoms with Crippen molar-refractivity contribution in [3.8, 4) is 28.7 Å². The summed E-state index contributed by atoms with van der Waals surface area (Å²) in [6.07, 6.45) is 0. The number of hydrogen-bond donors (Lipinski definition) is 2. The first-order valence-electron chi connectivity index (χ1n) is 8.91. The molecule has 0 aliphatic carbocycles. The number of rotatable bonds is 8. The van der Waals surface area contributed by atoms with E-state index in [-0.39, 0.29) is 30.8 Å². The SMILES string of the molecule is CN=C(NCCOc1ccc2c(c1)OCO2)NCc1ccc(OC)c(OC)c1.I. The van der Waals surface area contributed by atoms with Gasteiger partial charge in [0.2, 0.25) is 6.79 Å². The molecule has 0 fully saturated rings. The van der Waals surface area contributed by atoms with Gasteiger partial charge in [-0.15, -0.1) is 24.0 Å². The van der Waals surface area contributed by atoms with Crippen molar-refractivity contribution in [2.75, 3.05) is 41.2 Å². The Labute approximate surface area is 187 Å². The minimum atomic E-state index is 0. The van der Waals surface area contributed by atoms with Crippen molar-refractivity contribution in [2.45, 2.75) is 6.54 Å². The second-order valence-corrected chi connectivity index (χ2v) is 5.91. The maximum absolute atomic E-state index is 5.73. The van der Waals surface area contributed by atoms with Crippen LogP contribution in [-0.2, 0) is 6.54 Å². The van der Waals surface area contributed by atoms with Gasteiger partial charge < -0.3 is 34.3 Å². The molecule has 2 aromatic carbocycles. The number of benzene rings is 2. The van der Waals surface area contributed by atoms with Gasteiger partial charge in [0.25, 0.3) is 0 Å². The molecule has 0 spiro atoms. The molecule has 0 saturated carbocycles. The number of nitrogens with one attached hydrogen (secondary N) is 2. The first-order valence-corrected chi connectivity index (χ1v) is 8.91. The third-order valence-electron chi connectivity index (χ3n) is 4.14. The summed E-state index contributed by atoms with van der Waals surface area (Å²) in [7, 11) is 4.96. The summed E-state index contributed by atoms with van der Waals surface area (Å²) in [5.74, 6) is 4.27. The molecule has 0 radical (unpaired) electrons. The van der Waals surface area contributed by atoms with Crippen LogP contribution in [0.4, 0.5) is 0 Å². The Bertz CT molecular complexity index is 832. The van der Waals surface area contributed by atoms with Crippen LogP contribution in [0, 0.1) is 0 Å². The molecule has 0 amide bonds. The van der Waals surface area contributed by atoms with Gasteiger partial charge in [-0.2, -0.15) is 0 Å². The standard InChI is InChI=1S/C20H25N3O5.HI/c1-21-20(23-12-14-4-6-16(24-2)18(10-14)25-3)22-8-9-26-15-5-7-17-19(11-15)28-13-27-17;/h4-7,10-11H,8-9,12-13H2,1-3H3,(H2,21,22,23);1H. The molecule has 0 aromatic heterocycles. The molecule has 158 valence electrons. The van der Waals surface area contributed by atoms with E-state index >= 15 is 0 Å². The molecule has 8 nitrogen and oxygen atoms in total. The van der Waals surface area contributed by atoms with E-state index < -0.39 is 0 Å². The van der Waals surface area contributed by atoms with E-state index in [9.17, 15) is 0 Å². The van der Waals surface area contributed by atoms with Crippen LogP contribution in [0.15, 0.2) is 41.4 Å². The molecule has 0 saturated heterocycles. The molecule has 1 heterocycles. The van der Waals surface area contributed by atoms with Crippen molar-refractivity contribution in [2.24, 2.45) is 4.99 Å². The summed E-state index contributed by atoms with van der Waals surface area (Å²) in [6, 6.07) is 11.3. The third-order valence-corrected chi connectivity index (χ3v) is 4.14. The van der Waals surface area contributed by atoms with E-state index in [0.29, 0.717) is 42.9 Å². The molecule has 2 aromatic rings. The largest absolute Gasteiger partial charge is 0.493 e. The fourth-order valence-electron chi connectivity index (χ4n) is 2.70. The molecule has 1 aliphatic heterocycles. The third kappa shape index (κ3) is 6.21. The highest BCUT2D eigenvalue weighted by molar-refractivity contribution is 14.0. The quantitative estimate of drug-likeness (QED) is 0.242. The normalized spacial score (nSPS) is 12.0. The summed E-state index contributed by atoms with van der Waals surface area (Å²) in [4.78, 5) is 4.22. The molecular formula is C20H26IN3O5. The second-order valence-electron chi connectivity index (χ2n) is 5.91. The van der Waals surface area contributed by atoms with Crippen LogP contribution in [0.2, 0.25) is 0 Å². The van der Waals surface area contributed by atoms with Crippen molar-refractivity contribution in [1.82, 2.24) is 10.6 Å². The fraction of sp³-hybridized carbons (Fsp3) is 0.350. The molecule has 1 aliphatic rings. The number of hydrogen-bond acceptors (Lipinski definition) is 6. The zero-order valence-electron chi connectivity index (χ0n) is 16.7. The second kappa shape index (κ2) is 11.4. The summed E-state index contributed by atoms with van der Waals surface area (Å²) in [6.45, 7) is 1.93. The lowest BCUT2D eigenvalue weighted by Gasteiger charge is -2.14. The summed E-state index contributed by atoms with van der Waals surface area (Å²) in [5, 5.41) is 6.47. The lowest BCUT2D eigenvalue weighted by atomic mass is 10.2. The Morgan fingerprint density at radius 1 is 1.00 bits per heavy atom. The van der Waals surface area contributed by atoms with Gasteiger partial charge in [-0.1, -0.05) is 6.07 Å². The Morgan fingerprint density at radius 3 is 2.55 bits per heavy atom. The predicted molar refractivity (Wildman–Crippen MR) is 121 cm³/mol. The van der Waals surface area contributed by atoms with Gasteiger partial charge in [0.05, 0.1) is 20.8 Å². The van der Waals surface area contributed by atoms with E-state index in [1.165, 1.54) is 0 Å². The van der Waals surface area contributed by atoms with Crippen molar-refractivity contribution in [3.63, 3.8) is 0 Å². The molecule has 9 heteroatoms. The van der Waals surface area contributed by atoms with Crippen molar-refractivity contribution < 1.29 is 23.7 Å². The summed E-state index contributed by atoms with van der Waals surface area (Å²) >= 11 is 0. The predicted octanol–water partition coefficient (Wildman–Crippen LogP) is 2.79. The van der Waals surface area contributed by atoms with Crippen LogP contribution >= 0.6 is 24.0 Å². The van der Waals surface area contributed by atoms with E-state index in [2.05, 4.69) is 15.6 Å². The highest BCUT2D eigenvalue weighted by Gasteiger charge is 2.13. The molecule has 2 N–H and O–H groups in total. The molecule has 3 rings (SSSR count). The molecule has 29 heavy (non-hydrogen) atoms. The number of ether oxygens (including phenoxy) is 5. The monoisotopic (exact) mass is 515 g/mol. The molecule has 0 atom stereocenters.